The van der Waals surface area contributed by atoms with Crippen LogP contribution in [0.15, 0.2) is 146 Å². The molecule has 1 aliphatic heterocycles. The average Bonchev–Trinajstić information content (AvgIpc) is 3.36. The van der Waals surface area contributed by atoms with Gasteiger partial charge in [-0.05, 0) is 57.1 Å². The number of hydrogen-bond acceptors (Lipinski definition) is 4. The molecule has 4 heteroatoms. The average molecular weight is 573 g/mol. The number of benzene rings is 6. The van der Waals surface area contributed by atoms with E-state index < -0.39 is 5.41 Å². The monoisotopic (exact) mass is 572 g/mol. The van der Waals surface area contributed by atoms with Crippen molar-refractivity contribution in [2.75, 3.05) is 0 Å². The fourth-order valence-corrected chi connectivity index (χ4v) is 7.58. The zero-order chi connectivity index (χ0) is 29.0. The number of nitrogens with two attached hydrogens (primary N) is 1. The van der Waals surface area contributed by atoms with Crippen LogP contribution in [0.1, 0.15) is 38.8 Å². The van der Waals surface area contributed by atoms with Crippen molar-refractivity contribution in [2.24, 2.45) is 5.73 Å². The first kappa shape index (κ1) is 25.8. The summed E-state index contributed by atoms with van der Waals surface area (Å²) in [6.45, 7) is 0. The Labute approximate surface area is 255 Å². The second-order valence-electron chi connectivity index (χ2n) is 11.0. The molecule has 1 heterocycles. The van der Waals surface area contributed by atoms with Crippen LogP contribution in [-0.2, 0) is 5.41 Å². The van der Waals surface area contributed by atoms with Crippen molar-refractivity contribution >= 4 is 16.8 Å². The summed E-state index contributed by atoms with van der Waals surface area (Å²) in [4.78, 5) is 0. The zero-order valence-electron chi connectivity index (χ0n) is 23.3. The second-order valence-corrected chi connectivity index (χ2v) is 12.2. The van der Waals surface area contributed by atoms with E-state index in [1.54, 1.807) is 0 Å². The van der Waals surface area contributed by atoms with Gasteiger partial charge in [-0.25, -0.2) is 0 Å². The highest BCUT2D eigenvalue weighted by Gasteiger charge is 2.50. The van der Waals surface area contributed by atoms with Gasteiger partial charge in [-0.3, -0.25) is 5.41 Å². The normalized spacial score (nSPS) is 14.2. The van der Waals surface area contributed by atoms with E-state index in [1.165, 1.54) is 34.0 Å². The number of thioether (sulfide) groups is 1. The molecule has 8 rings (SSSR count). The van der Waals surface area contributed by atoms with E-state index in [4.69, 9.17) is 15.9 Å². The molecule has 0 saturated carbocycles. The van der Waals surface area contributed by atoms with Crippen LogP contribution >= 0.6 is 11.8 Å². The summed E-state index contributed by atoms with van der Waals surface area (Å²) < 4.78 is 6.57. The largest absolute Gasteiger partial charge is 0.457 e. The number of nitrogens with one attached hydrogen (secondary N) is 1. The molecule has 206 valence electrons. The fraction of sp³-hybridized carbons (Fsp3) is 0.0513. The quantitative estimate of drug-likeness (QED) is 0.125. The Kier molecular flexibility index (Phi) is 6.07. The minimum Gasteiger partial charge on any atom is -0.457 e. The van der Waals surface area contributed by atoms with Crippen molar-refractivity contribution in [1.29, 1.82) is 5.41 Å². The predicted molar refractivity (Wildman–Crippen MR) is 177 cm³/mol. The van der Waals surface area contributed by atoms with Crippen LogP contribution in [0.5, 0.6) is 11.5 Å². The molecule has 0 saturated heterocycles. The predicted octanol–water partition coefficient (Wildman–Crippen LogP) is 9.54. The van der Waals surface area contributed by atoms with Gasteiger partial charge in [0, 0.05) is 16.7 Å². The van der Waals surface area contributed by atoms with Gasteiger partial charge in [0.15, 0.2) is 0 Å². The van der Waals surface area contributed by atoms with Crippen molar-refractivity contribution in [1.82, 2.24) is 0 Å². The Bertz CT molecular complexity index is 1970. The first-order chi connectivity index (χ1) is 21.1. The summed E-state index contributed by atoms with van der Waals surface area (Å²) >= 11 is 1.36. The summed E-state index contributed by atoms with van der Waals surface area (Å²) in [5, 5.41) is 8.86. The molecule has 1 aliphatic carbocycles. The number of para-hydroxylation sites is 1. The lowest BCUT2D eigenvalue weighted by Crippen LogP contribution is -2.32. The van der Waals surface area contributed by atoms with Crippen LogP contribution < -0.4 is 10.5 Å². The molecule has 43 heavy (non-hydrogen) atoms. The first-order valence-corrected chi connectivity index (χ1v) is 15.3. The van der Waals surface area contributed by atoms with Crippen LogP contribution in [0.3, 0.4) is 0 Å². The van der Waals surface area contributed by atoms with Gasteiger partial charge >= 0.3 is 0 Å². The summed E-state index contributed by atoms with van der Waals surface area (Å²) in [5.74, 6) is 1.77. The van der Waals surface area contributed by atoms with E-state index in [9.17, 15) is 0 Å². The fourth-order valence-electron chi connectivity index (χ4n) is 6.76. The van der Waals surface area contributed by atoms with Gasteiger partial charge in [0.25, 0.3) is 0 Å². The minimum absolute atomic E-state index is 0.287. The van der Waals surface area contributed by atoms with Gasteiger partial charge in [0.1, 0.15) is 11.5 Å². The van der Waals surface area contributed by atoms with Gasteiger partial charge in [-0.2, -0.15) is 0 Å². The first-order valence-electron chi connectivity index (χ1n) is 14.4. The third kappa shape index (κ3) is 3.98. The number of fused-ring (bicyclic) bond motifs is 9. The lowest BCUT2D eigenvalue weighted by atomic mass is 9.66. The Morgan fingerprint density at radius 3 is 1.84 bits per heavy atom. The van der Waals surface area contributed by atoms with Crippen LogP contribution in [0.4, 0.5) is 0 Å². The summed E-state index contributed by atoms with van der Waals surface area (Å²) in [6, 6.07) is 50.7. The maximum Gasteiger partial charge on any atom is 0.132 e. The van der Waals surface area contributed by atoms with E-state index in [2.05, 4.69) is 97.1 Å². The SMILES string of the molecule is N=C(SC(N)c1ccccc1)c1ccc(-c2ccc3c(c2)C2(c4ccccc4O3)c3ccccc3-c3ccccc32)cc1. The molecule has 6 aromatic carbocycles. The van der Waals surface area contributed by atoms with E-state index in [1.807, 2.05) is 48.5 Å². The van der Waals surface area contributed by atoms with Crippen molar-refractivity contribution in [3.05, 3.63) is 179 Å². The van der Waals surface area contributed by atoms with E-state index in [0.29, 0.717) is 5.04 Å². The third-order valence-corrected chi connectivity index (χ3v) is 9.70. The number of hydrogen-bond donors (Lipinski definition) is 2. The third-order valence-electron chi connectivity index (χ3n) is 8.70. The molecule has 0 aromatic heterocycles. The molecule has 1 spiro atoms. The van der Waals surface area contributed by atoms with Gasteiger partial charge in [-0.15, -0.1) is 0 Å². The Hall–Kier alpha value is -4.90. The summed E-state index contributed by atoms with van der Waals surface area (Å²) in [5.41, 5.74) is 17.3. The maximum atomic E-state index is 8.69. The maximum absolute atomic E-state index is 8.69. The highest BCUT2D eigenvalue weighted by molar-refractivity contribution is 8.14. The van der Waals surface area contributed by atoms with Crippen LogP contribution in [0.2, 0.25) is 0 Å². The van der Waals surface area contributed by atoms with Gasteiger partial charge in [0.05, 0.1) is 15.8 Å². The second kappa shape index (κ2) is 10.1. The number of ether oxygens (including phenoxy) is 1. The molecule has 1 atom stereocenters. The molecule has 3 N–H and O–H groups in total. The van der Waals surface area contributed by atoms with Gasteiger partial charge in [-0.1, -0.05) is 139 Å². The molecule has 6 aromatic rings. The molecule has 1 unspecified atom stereocenters. The lowest BCUT2D eigenvalue weighted by molar-refractivity contribution is 0.436. The molecule has 0 radical (unpaired) electrons. The van der Waals surface area contributed by atoms with Crippen molar-refractivity contribution in [2.45, 2.75) is 10.8 Å². The minimum atomic E-state index is -0.486. The van der Waals surface area contributed by atoms with E-state index in [0.717, 1.165) is 44.9 Å². The molecular formula is C39H28N2OS. The van der Waals surface area contributed by atoms with Crippen LogP contribution in [0, 0.1) is 5.41 Å². The Balaban J connectivity index is 1.22. The Morgan fingerprint density at radius 2 is 1.14 bits per heavy atom. The van der Waals surface area contributed by atoms with Crippen LogP contribution in [0.25, 0.3) is 22.3 Å². The lowest BCUT2D eigenvalue weighted by Gasteiger charge is -2.39. The summed E-state index contributed by atoms with van der Waals surface area (Å²) in [7, 11) is 0. The highest BCUT2D eigenvalue weighted by Crippen LogP contribution is 2.62. The van der Waals surface area contributed by atoms with Gasteiger partial charge < -0.3 is 10.5 Å². The molecular weight excluding hydrogens is 545 g/mol. The van der Waals surface area contributed by atoms with Crippen molar-refractivity contribution < 1.29 is 4.74 Å². The topological polar surface area (TPSA) is 59.1 Å². The van der Waals surface area contributed by atoms with Crippen molar-refractivity contribution in [3.63, 3.8) is 0 Å². The zero-order valence-corrected chi connectivity index (χ0v) is 24.1. The van der Waals surface area contributed by atoms with Crippen molar-refractivity contribution in [3.8, 4) is 33.8 Å². The van der Waals surface area contributed by atoms with Gasteiger partial charge in [0.2, 0.25) is 0 Å². The van der Waals surface area contributed by atoms with Crippen LogP contribution in [-0.4, -0.2) is 5.04 Å². The molecule has 0 fully saturated rings. The van der Waals surface area contributed by atoms with E-state index >= 15 is 0 Å². The summed E-state index contributed by atoms with van der Waals surface area (Å²) in [6.07, 6.45) is 0. The standard InChI is InChI=1S/C39H28N2OS/c40-37(26-10-2-1-3-11-26)43-38(41)27-20-18-25(19-21-27)28-22-23-36-34(24-28)39(33-16-8-9-17-35(33)42-36)31-14-6-4-12-29(31)30-13-5-7-15-32(30)39/h1-24,37,41H,40H2. The smallest absolute Gasteiger partial charge is 0.132 e. The molecule has 0 amide bonds. The molecule has 3 nitrogen and oxygen atoms in total. The molecule has 2 aliphatic rings. The highest BCUT2D eigenvalue weighted by atomic mass is 32.2. The molecule has 0 bridgehead atoms. The van der Waals surface area contributed by atoms with E-state index in [-0.39, 0.29) is 5.37 Å². The number of rotatable bonds is 4. The Morgan fingerprint density at radius 1 is 0.581 bits per heavy atom.